The number of aryl methyl sites for hydroxylation is 1. The molecule has 1 saturated carbocycles. The summed E-state index contributed by atoms with van der Waals surface area (Å²) in [6.45, 7) is 2.15. The van der Waals surface area contributed by atoms with Crippen LogP contribution in [0.3, 0.4) is 0 Å². The van der Waals surface area contributed by atoms with E-state index in [1.807, 2.05) is 24.4 Å². The zero-order chi connectivity index (χ0) is 13.2. The van der Waals surface area contributed by atoms with E-state index in [2.05, 4.69) is 22.5 Å². The molecule has 2 aromatic rings. The van der Waals surface area contributed by atoms with Gasteiger partial charge in [-0.1, -0.05) is 43.0 Å². The summed E-state index contributed by atoms with van der Waals surface area (Å²) in [5.41, 5.74) is 2.37. The Morgan fingerprint density at radius 2 is 2.00 bits per heavy atom. The highest BCUT2D eigenvalue weighted by atomic mass is 35.5. The van der Waals surface area contributed by atoms with Crippen molar-refractivity contribution in [2.24, 2.45) is 0 Å². The SMILES string of the molecule is Cc1cnc(-c2cccc(Cl)c2)n1C1CCCCC1. The molecule has 1 aliphatic carbocycles. The Morgan fingerprint density at radius 3 is 2.74 bits per heavy atom. The minimum atomic E-state index is 0.602. The monoisotopic (exact) mass is 274 g/mol. The predicted molar refractivity (Wildman–Crippen MR) is 79.5 cm³/mol. The number of aromatic nitrogens is 2. The van der Waals surface area contributed by atoms with Crippen LogP contribution in [-0.2, 0) is 0 Å². The molecule has 0 aliphatic heterocycles. The van der Waals surface area contributed by atoms with Crippen LogP contribution in [0, 0.1) is 6.92 Å². The molecule has 3 rings (SSSR count). The molecule has 1 heterocycles. The summed E-state index contributed by atoms with van der Waals surface area (Å²) >= 11 is 6.10. The summed E-state index contributed by atoms with van der Waals surface area (Å²) in [4.78, 5) is 4.61. The van der Waals surface area contributed by atoms with Crippen molar-refractivity contribution in [1.82, 2.24) is 9.55 Å². The maximum absolute atomic E-state index is 6.10. The first-order chi connectivity index (χ1) is 9.25. The van der Waals surface area contributed by atoms with Crippen molar-refractivity contribution < 1.29 is 0 Å². The molecule has 0 radical (unpaired) electrons. The van der Waals surface area contributed by atoms with Gasteiger partial charge in [0.15, 0.2) is 0 Å². The third-order valence-corrected chi connectivity index (χ3v) is 4.24. The number of nitrogens with zero attached hydrogens (tertiary/aromatic N) is 2. The molecule has 0 N–H and O–H groups in total. The van der Waals surface area contributed by atoms with Crippen LogP contribution in [0.25, 0.3) is 11.4 Å². The summed E-state index contributed by atoms with van der Waals surface area (Å²) in [6.07, 6.45) is 8.55. The van der Waals surface area contributed by atoms with Gasteiger partial charge in [-0.3, -0.25) is 0 Å². The standard InChI is InChI=1S/C16H19ClN2/c1-12-11-18-16(13-6-5-7-14(17)10-13)19(12)15-8-3-2-4-9-15/h5-7,10-11,15H,2-4,8-9H2,1H3. The first kappa shape index (κ1) is 12.7. The number of benzene rings is 1. The van der Waals surface area contributed by atoms with Crippen molar-refractivity contribution in [3.05, 3.63) is 41.2 Å². The zero-order valence-electron chi connectivity index (χ0n) is 11.3. The van der Waals surface area contributed by atoms with Crippen LogP contribution < -0.4 is 0 Å². The zero-order valence-corrected chi connectivity index (χ0v) is 12.0. The number of hydrogen-bond acceptors (Lipinski definition) is 1. The molecule has 100 valence electrons. The van der Waals surface area contributed by atoms with Gasteiger partial charge in [0.05, 0.1) is 0 Å². The quantitative estimate of drug-likeness (QED) is 0.752. The Morgan fingerprint density at radius 1 is 1.21 bits per heavy atom. The topological polar surface area (TPSA) is 17.8 Å². The summed E-state index contributed by atoms with van der Waals surface area (Å²) in [5.74, 6) is 1.06. The fraction of sp³-hybridized carbons (Fsp3) is 0.438. The lowest BCUT2D eigenvalue weighted by molar-refractivity contribution is 0.351. The number of halogens is 1. The van der Waals surface area contributed by atoms with E-state index in [1.54, 1.807) is 0 Å². The molecular weight excluding hydrogens is 256 g/mol. The molecule has 1 aliphatic rings. The third-order valence-electron chi connectivity index (χ3n) is 4.00. The van der Waals surface area contributed by atoms with Gasteiger partial charge in [0, 0.05) is 28.5 Å². The molecular formula is C16H19ClN2. The Hall–Kier alpha value is -1.28. The van der Waals surface area contributed by atoms with Gasteiger partial charge in [-0.25, -0.2) is 4.98 Å². The van der Waals surface area contributed by atoms with E-state index < -0.39 is 0 Å². The highest BCUT2D eigenvalue weighted by Gasteiger charge is 2.20. The Kier molecular flexibility index (Phi) is 3.61. The van der Waals surface area contributed by atoms with Crippen LogP contribution in [0.1, 0.15) is 43.8 Å². The molecule has 1 aromatic heterocycles. The molecule has 1 aromatic carbocycles. The maximum atomic E-state index is 6.10. The van der Waals surface area contributed by atoms with Gasteiger partial charge in [-0.05, 0) is 31.9 Å². The van der Waals surface area contributed by atoms with Crippen LogP contribution in [0.5, 0.6) is 0 Å². The first-order valence-corrected chi connectivity index (χ1v) is 7.43. The van der Waals surface area contributed by atoms with Crippen LogP contribution in [-0.4, -0.2) is 9.55 Å². The molecule has 0 spiro atoms. The second-order valence-corrected chi connectivity index (χ2v) is 5.83. The molecule has 1 fully saturated rings. The lowest BCUT2D eigenvalue weighted by atomic mass is 9.95. The van der Waals surface area contributed by atoms with E-state index in [1.165, 1.54) is 37.8 Å². The second kappa shape index (κ2) is 5.38. The van der Waals surface area contributed by atoms with E-state index in [0.717, 1.165) is 16.4 Å². The van der Waals surface area contributed by atoms with Crippen molar-refractivity contribution in [1.29, 1.82) is 0 Å². The summed E-state index contributed by atoms with van der Waals surface area (Å²) in [5, 5.41) is 0.772. The lowest BCUT2D eigenvalue weighted by Crippen LogP contribution is -2.15. The molecule has 0 bridgehead atoms. The van der Waals surface area contributed by atoms with E-state index in [4.69, 9.17) is 11.6 Å². The van der Waals surface area contributed by atoms with Crippen molar-refractivity contribution in [2.75, 3.05) is 0 Å². The number of hydrogen-bond donors (Lipinski definition) is 0. The highest BCUT2D eigenvalue weighted by Crippen LogP contribution is 2.33. The molecule has 0 amide bonds. The Bertz CT molecular complexity index is 568. The Balaban J connectivity index is 2.02. The van der Waals surface area contributed by atoms with Gasteiger partial charge < -0.3 is 4.57 Å². The van der Waals surface area contributed by atoms with Crippen LogP contribution in [0.4, 0.5) is 0 Å². The first-order valence-electron chi connectivity index (χ1n) is 7.05. The maximum Gasteiger partial charge on any atom is 0.140 e. The molecule has 3 heteroatoms. The Labute approximate surface area is 119 Å². The van der Waals surface area contributed by atoms with Crippen molar-refractivity contribution in [3.8, 4) is 11.4 Å². The fourth-order valence-electron chi connectivity index (χ4n) is 3.09. The average Bonchev–Trinajstić information content (AvgIpc) is 2.82. The van der Waals surface area contributed by atoms with Crippen LogP contribution >= 0.6 is 11.6 Å². The van der Waals surface area contributed by atoms with E-state index in [0.29, 0.717) is 6.04 Å². The molecule has 0 atom stereocenters. The third kappa shape index (κ3) is 2.55. The lowest BCUT2D eigenvalue weighted by Gasteiger charge is -2.26. The normalized spacial score (nSPS) is 16.7. The van der Waals surface area contributed by atoms with Crippen LogP contribution in [0.15, 0.2) is 30.5 Å². The highest BCUT2D eigenvalue weighted by molar-refractivity contribution is 6.30. The second-order valence-electron chi connectivity index (χ2n) is 5.40. The number of rotatable bonds is 2. The van der Waals surface area contributed by atoms with E-state index in [-0.39, 0.29) is 0 Å². The van der Waals surface area contributed by atoms with Crippen molar-refractivity contribution in [2.45, 2.75) is 45.1 Å². The van der Waals surface area contributed by atoms with E-state index in [9.17, 15) is 0 Å². The summed E-state index contributed by atoms with van der Waals surface area (Å²) in [7, 11) is 0. The minimum absolute atomic E-state index is 0.602. The van der Waals surface area contributed by atoms with Crippen molar-refractivity contribution >= 4 is 11.6 Å². The van der Waals surface area contributed by atoms with Gasteiger partial charge in [0.2, 0.25) is 0 Å². The van der Waals surface area contributed by atoms with E-state index >= 15 is 0 Å². The fourth-order valence-corrected chi connectivity index (χ4v) is 3.28. The summed E-state index contributed by atoms with van der Waals surface area (Å²) < 4.78 is 2.41. The summed E-state index contributed by atoms with van der Waals surface area (Å²) in [6, 6.07) is 8.60. The van der Waals surface area contributed by atoms with Gasteiger partial charge in [0.25, 0.3) is 0 Å². The number of imidazole rings is 1. The molecule has 0 saturated heterocycles. The minimum Gasteiger partial charge on any atom is -0.325 e. The van der Waals surface area contributed by atoms with Crippen LogP contribution in [0.2, 0.25) is 5.02 Å². The average molecular weight is 275 g/mol. The van der Waals surface area contributed by atoms with Gasteiger partial charge >= 0.3 is 0 Å². The van der Waals surface area contributed by atoms with Gasteiger partial charge in [-0.15, -0.1) is 0 Å². The molecule has 19 heavy (non-hydrogen) atoms. The predicted octanol–water partition coefficient (Wildman–Crippen LogP) is 5.02. The molecule has 0 unspecified atom stereocenters. The van der Waals surface area contributed by atoms with Gasteiger partial charge in [0.1, 0.15) is 5.82 Å². The van der Waals surface area contributed by atoms with Gasteiger partial charge in [-0.2, -0.15) is 0 Å². The van der Waals surface area contributed by atoms with Crippen molar-refractivity contribution in [3.63, 3.8) is 0 Å². The largest absolute Gasteiger partial charge is 0.325 e. The molecule has 2 nitrogen and oxygen atoms in total. The smallest absolute Gasteiger partial charge is 0.140 e.